The Balaban J connectivity index is -0.000000249. The number of imidazole rings is 1. The molecule has 0 aliphatic heterocycles. The zero-order valence-corrected chi connectivity index (χ0v) is 12.0. The Labute approximate surface area is 107 Å². The van der Waals surface area contributed by atoms with E-state index in [2.05, 4.69) is 34.8 Å². The first-order valence-corrected chi connectivity index (χ1v) is 4.74. The van der Waals surface area contributed by atoms with Gasteiger partial charge in [-0.3, -0.25) is 0 Å². The number of aromatic nitrogens is 2. The molecule has 96 valence electrons. The molecule has 1 rings (SSSR count). The Kier molecular flexibility index (Phi) is 15.6. The van der Waals surface area contributed by atoms with Crippen LogP contribution in [0.4, 0.5) is 0 Å². The average Bonchev–Trinajstić information content (AvgIpc) is 2.47. The minimum atomic E-state index is -1.08. The Bertz CT molecular complexity index is 273. The van der Waals surface area contributed by atoms with Crippen LogP contribution in [0.5, 0.6) is 0 Å². The van der Waals surface area contributed by atoms with Crippen LogP contribution in [-0.4, -0.2) is 10.5 Å². The number of carboxylic acid groups (broad SMARTS) is 1. The summed E-state index contributed by atoms with van der Waals surface area (Å²) in [6.07, 6.45) is 8.82. The lowest BCUT2D eigenvalue weighted by molar-refractivity contribution is -0.671. The van der Waals surface area contributed by atoms with Gasteiger partial charge in [-0.1, -0.05) is 13.3 Å². The third-order valence-electron chi connectivity index (χ3n) is 1.59. The number of aliphatic carboxylic acids is 1. The number of quaternary nitrogens is 1. The summed E-state index contributed by atoms with van der Waals surface area (Å²) < 4.78 is 4.28. The number of aryl methyl sites for hydroxylation is 2. The first-order valence-electron chi connectivity index (χ1n) is 4.74. The molecule has 0 fully saturated rings. The largest absolute Gasteiger partial charge is 1.00 e. The molecule has 16 heavy (non-hydrogen) atoms. The number of carboxylic acids is 1. The summed E-state index contributed by atoms with van der Waals surface area (Å²) in [6.45, 7) is 4.33. The van der Waals surface area contributed by atoms with Crippen molar-refractivity contribution in [2.45, 2.75) is 33.2 Å². The molecule has 0 aliphatic rings. The first-order chi connectivity index (χ1) is 6.56. The lowest BCUT2D eigenvalue weighted by Gasteiger charge is -1.90. The molecule has 4 N–H and O–H groups in total. The lowest BCUT2D eigenvalue weighted by Crippen LogP contribution is -3.00. The molecule has 0 amide bonds. The fourth-order valence-corrected chi connectivity index (χ4v) is 0.975. The molecule has 1 aromatic rings. The highest BCUT2D eigenvalue weighted by atomic mass is 79.9. The quantitative estimate of drug-likeness (QED) is 0.613. The van der Waals surface area contributed by atoms with Gasteiger partial charge in [-0.25, -0.2) is 9.13 Å². The third kappa shape index (κ3) is 13.1. The van der Waals surface area contributed by atoms with Crippen molar-refractivity contribution < 1.29 is 31.4 Å². The summed E-state index contributed by atoms with van der Waals surface area (Å²) in [6, 6.07) is 0. The van der Waals surface area contributed by atoms with E-state index in [1.807, 2.05) is 7.05 Å². The van der Waals surface area contributed by atoms with Crippen LogP contribution in [0.15, 0.2) is 18.7 Å². The van der Waals surface area contributed by atoms with Crippen molar-refractivity contribution in [1.82, 2.24) is 10.7 Å². The molecule has 0 bridgehead atoms. The van der Waals surface area contributed by atoms with Crippen LogP contribution in [0.2, 0.25) is 0 Å². The van der Waals surface area contributed by atoms with Gasteiger partial charge < -0.3 is 33.0 Å². The van der Waals surface area contributed by atoms with Gasteiger partial charge in [-0.2, -0.15) is 0 Å². The number of hydrogen-bond acceptors (Lipinski definition) is 2. The third-order valence-corrected chi connectivity index (χ3v) is 1.59. The Morgan fingerprint density at radius 1 is 1.50 bits per heavy atom. The summed E-state index contributed by atoms with van der Waals surface area (Å²) in [5.41, 5.74) is 0. The van der Waals surface area contributed by atoms with Gasteiger partial charge in [0.15, 0.2) is 0 Å². The molecule has 6 heteroatoms. The summed E-state index contributed by atoms with van der Waals surface area (Å²) in [4.78, 5) is 8.89. The van der Waals surface area contributed by atoms with Crippen LogP contribution in [0.3, 0.4) is 0 Å². The SMILES string of the molecule is CC(=O)[O-].CCCCn1cc[n+](C)c1.[Br-].[NH4+]. The van der Waals surface area contributed by atoms with Gasteiger partial charge >= 0.3 is 0 Å². The smallest absolute Gasteiger partial charge is 0.243 e. The molecule has 0 radical (unpaired) electrons. The second-order valence-corrected chi connectivity index (χ2v) is 3.16. The molecular formula is C10H22BrN3O2. The van der Waals surface area contributed by atoms with E-state index in [1.165, 1.54) is 12.8 Å². The van der Waals surface area contributed by atoms with Crippen LogP contribution < -0.4 is 32.8 Å². The van der Waals surface area contributed by atoms with E-state index in [4.69, 9.17) is 9.90 Å². The van der Waals surface area contributed by atoms with E-state index >= 15 is 0 Å². The molecule has 1 aromatic heterocycles. The zero-order chi connectivity index (χ0) is 11.0. The van der Waals surface area contributed by atoms with Gasteiger partial charge in [-0.05, 0) is 13.3 Å². The summed E-state index contributed by atoms with van der Waals surface area (Å²) in [5.74, 6) is -1.08. The Hall–Kier alpha value is -0.880. The normalized spacial score (nSPS) is 7.94. The maximum Gasteiger partial charge on any atom is 0.243 e. The van der Waals surface area contributed by atoms with E-state index in [1.54, 1.807) is 0 Å². The highest BCUT2D eigenvalue weighted by molar-refractivity contribution is 5.60. The molecular weight excluding hydrogens is 274 g/mol. The fourth-order valence-electron chi connectivity index (χ4n) is 0.975. The molecule has 5 nitrogen and oxygen atoms in total. The topological polar surface area (TPSA) is 85.4 Å². The average molecular weight is 296 g/mol. The monoisotopic (exact) mass is 295 g/mol. The van der Waals surface area contributed by atoms with Gasteiger partial charge in [0.2, 0.25) is 6.33 Å². The Morgan fingerprint density at radius 3 is 2.31 bits per heavy atom. The molecule has 0 saturated carbocycles. The van der Waals surface area contributed by atoms with Gasteiger partial charge in [-0.15, -0.1) is 0 Å². The summed E-state index contributed by atoms with van der Waals surface area (Å²) >= 11 is 0. The number of rotatable bonds is 3. The Morgan fingerprint density at radius 2 is 2.00 bits per heavy atom. The number of unbranched alkanes of at least 4 members (excludes halogenated alkanes) is 1. The predicted octanol–water partition coefficient (Wildman–Crippen LogP) is -2.75. The fraction of sp³-hybridized carbons (Fsp3) is 0.600. The standard InChI is InChI=1S/C8H15N2.C2H4O2.BrH.H3N/c1-3-4-5-10-7-6-9(2)8-10;1-2(3)4;;/h6-8H,3-5H2,1-2H3;1H3,(H,3,4);1H;1H3/q+1;;;/p-1. The van der Waals surface area contributed by atoms with Crippen LogP contribution in [0, 0.1) is 0 Å². The van der Waals surface area contributed by atoms with Crippen molar-refractivity contribution >= 4 is 5.97 Å². The first kappa shape index (κ1) is 20.5. The number of carbonyl (C=O) groups excluding carboxylic acids is 1. The molecule has 0 aromatic carbocycles. The highest BCUT2D eigenvalue weighted by Crippen LogP contribution is 1.91. The van der Waals surface area contributed by atoms with Crippen molar-refractivity contribution in [3.63, 3.8) is 0 Å². The number of nitrogens with zero attached hydrogens (tertiary/aromatic N) is 2. The van der Waals surface area contributed by atoms with E-state index < -0.39 is 5.97 Å². The van der Waals surface area contributed by atoms with E-state index in [0.29, 0.717) is 0 Å². The van der Waals surface area contributed by atoms with Gasteiger partial charge in [0.1, 0.15) is 12.4 Å². The van der Waals surface area contributed by atoms with Crippen molar-refractivity contribution in [2.24, 2.45) is 7.05 Å². The molecule has 0 unspecified atom stereocenters. The zero-order valence-electron chi connectivity index (χ0n) is 10.4. The van der Waals surface area contributed by atoms with Crippen molar-refractivity contribution in [3.8, 4) is 0 Å². The van der Waals surface area contributed by atoms with E-state index in [-0.39, 0.29) is 23.1 Å². The van der Waals surface area contributed by atoms with E-state index in [0.717, 1.165) is 13.5 Å². The maximum atomic E-state index is 8.89. The summed E-state index contributed by atoms with van der Waals surface area (Å²) in [7, 11) is 2.04. The molecule has 0 atom stereocenters. The second-order valence-electron chi connectivity index (χ2n) is 3.16. The maximum absolute atomic E-state index is 8.89. The van der Waals surface area contributed by atoms with Gasteiger partial charge in [0.25, 0.3) is 0 Å². The summed E-state index contributed by atoms with van der Waals surface area (Å²) in [5, 5.41) is 8.89. The number of hydrogen-bond donors (Lipinski definition) is 1. The van der Waals surface area contributed by atoms with Crippen LogP contribution >= 0.6 is 0 Å². The van der Waals surface area contributed by atoms with E-state index in [9.17, 15) is 0 Å². The van der Waals surface area contributed by atoms with Crippen molar-refractivity contribution in [3.05, 3.63) is 18.7 Å². The predicted molar refractivity (Wildman–Crippen MR) is 57.2 cm³/mol. The van der Waals surface area contributed by atoms with Crippen LogP contribution in [0.25, 0.3) is 0 Å². The molecule has 0 spiro atoms. The van der Waals surface area contributed by atoms with Crippen LogP contribution in [0.1, 0.15) is 26.7 Å². The molecule has 1 heterocycles. The van der Waals surface area contributed by atoms with Gasteiger partial charge in [0, 0.05) is 5.97 Å². The van der Waals surface area contributed by atoms with Crippen molar-refractivity contribution in [2.75, 3.05) is 0 Å². The number of carbonyl (C=O) groups is 1. The van der Waals surface area contributed by atoms with Crippen LogP contribution in [-0.2, 0) is 18.4 Å². The lowest BCUT2D eigenvalue weighted by atomic mass is 10.3. The minimum Gasteiger partial charge on any atom is -1.00 e. The minimum absolute atomic E-state index is 0. The van der Waals surface area contributed by atoms with Gasteiger partial charge in [0.05, 0.1) is 13.6 Å². The number of halogens is 1. The molecule has 0 saturated heterocycles. The molecule has 0 aliphatic carbocycles. The van der Waals surface area contributed by atoms with Crippen molar-refractivity contribution in [1.29, 1.82) is 0 Å². The highest BCUT2D eigenvalue weighted by Gasteiger charge is 1.96. The second kappa shape index (κ2) is 12.2.